The van der Waals surface area contributed by atoms with E-state index in [1.54, 1.807) is 0 Å². The molecule has 1 aromatic rings. The summed E-state index contributed by atoms with van der Waals surface area (Å²) < 4.78 is 1.15. The van der Waals surface area contributed by atoms with Gasteiger partial charge in [-0.25, -0.2) is 0 Å². The third kappa shape index (κ3) is 4.24. The van der Waals surface area contributed by atoms with Crippen LogP contribution in [0, 0.1) is 0 Å². The van der Waals surface area contributed by atoms with Gasteiger partial charge in [0.25, 0.3) is 0 Å². The zero-order chi connectivity index (χ0) is 11.4. The topological polar surface area (TPSA) is 15.3 Å². The second-order valence-corrected chi connectivity index (χ2v) is 5.51. The Morgan fingerprint density at radius 3 is 2.62 bits per heavy atom. The largest absolute Gasteiger partial charge is 0.313 e. The average molecular weight is 283 g/mol. The molecule has 1 aliphatic rings. The first-order valence-corrected chi connectivity index (χ1v) is 6.70. The van der Waals surface area contributed by atoms with Gasteiger partial charge in [-0.1, -0.05) is 28.1 Å². The van der Waals surface area contributed by atoms with Gasteiger partial charge in [-0.15, -0.1) is 0 Å². The van der Waals surface area contributed by atoms with Crippen LogP contribution in [-0.2, 0) is 6.54 Å². The molecule has 0 atom stereocenters. The molecule has 0 saturated heterocycles. The number of nitrogens with zero attached hydrogens (tertiary/aromatic N) is 1. The third-order valence-electron chi connectivity index (χ3n) is 2.87. The molecule has 1 aliphatic carbocycles. The Kier molecular flexibility index (Phi) is 4.38. The normalized spacial score (nSPS) is 15.7. The second-order valence-electron chi connectivity index (χ2n) is 4.59. The first kappa shape index (κ1) is 12.1. The molecule has 0 bridgehead atoms. The average Bonchev–Trinajstić information content (AvgIpc) is 3.05. The van der Waals surface area contributed by atoms with Gasteiger partial charge in [-0.05, 0) is 37.6 Å². The molecular weight excluding hydrogens is 264 g/mol. The van der Waals surface area contributed by atoms with E-state index < -0.39 is 0 Å². The van der Waals surface area contributed by atoms with Crippen LogP contribution in [-0.4, -0.2) is 31.1 Å². The highest BCUT2D eigenvalue weighted by atomic mass is 79.9. The summed E-state index contributed by atoms with van der Waals surface area (Å²) in [5, 5.41) is 3.53. The van der Waals surface area contributed by atoms with E-state index >= 15 is 0 Å². The zero-order valence-electron chi connectivity index (χ0n) is 9.75. The Balaban J connectivity index is 1.68. The summed E-state index contributed by atoms with van der Waals surface area (Å²) in [6, 6.07) is 9.38. The van der Waals surface area contributed by atoms with Crippen LogP contribution < -0.4 is 5.32 Å². The number of hydrogen-bond donors (Lipinski definition) is 1. The van der Waals surface area contributed by atoms with Crippen molar-refractivity contribution in [3.05, 3.63) is 34.3 Å². The van der Waals surface area contributed by atoms with Crippen molar-refractivity contribution in [3.63, 3.8) is 0 Å². The van der Waals surface area contributed by atoms with Gasteiger partial charge >= 0.3 is 0 Å². The monoisotopic (exact) mass is 282 g/mol. The van der Waals surface area contributed by atoms with E-state index in [1.807, 2.05) is 0 Å². The molecule has 1 aromatic carbocycles. The van der Waals surface area contributed by atoms with Crippen LogP contribution >= 0.6 is 15.9 Å². The quantitative estimate of drug-likeness (QED) is 0.863. The standard InChI is InChI=1S/C13H19BrN2/c1-16(9-8-15-13-6-7-13)10-11-2-4-12(14)5-3-11/h2-5,13,15H,6-10H2,1H3. The minimum atomic E-state index is 0.820. The maximum atomic E-state index is 3.53. The van der Waals surface area contributed by atoms with Gasteiger partial charge in [-0.2, -0.15) is 0 Å². The maximum absolute atomic E-state index is 3.53. The van der Waals surface area contributed by atoms with E-state index in [0.717, 1.165) is 30.1 Å². The van der Waals surface area contributed by atoms with Crippen molar-refractivity contribution in [2.45, 2.75) is 25.4 Å². The van der Waals surface area contributed by atoms with Crippen LogP contribution in [0.25, 0.3) is 0 Å². The lowest BCUT2D eigenvalue weighted by Gasteiger charge is -2.17. The molecule has 1 N–H and O–H groups in total. The number of likely N-dealkylation sites (N-methyl/N-ethyl adjacent to an activating group) is 1. The molecule has 0 aliphatic heterocycles. The molecule has 0 spiro atoms. The van der Waals surface area contributed by atoms with Crippen molar-refractivity contribution in [1.82, 2.24) is 10.2 Å². The van der Waals surface area contributed by atoms with Crippen molar-refractivity contribution in [1.29, 1.82) is 0 Å². The summed E-state index contributed by atoms with van der Waals surface area (Å²) in [6.07, 6.45) is 2.74. The van der Waals surface area contributed by atoms with Crippen LogP contribution in [0.4, 0.5) is 0 Å². The van der Waals surface area contributed by atoms with Gasteiger partial charge < -0.3 is 10.2 Å². The van der Waals surface area contributed by atoms with Crippen molar-refractivity contribution in [2.24, 2.45) is 0 Å². The lowest BCUT2D eigenvalue weighted by atomic mass is 10.2. The van der Waals surface area contributed by atoms with Crippen molar-refractivity contribution >= 4 is 15.9 Å². The molecule has 2 rings (SSSR count). The summed E-state index contributed by atoms with van der Waals surface area (Å²) in [5.74, 6) is 0. The van der Waals surface area contributed by atoms with E-state index in [0.29, 0.717) is 0 Å². The lowest BCUT2D eigenvalue weighted by molar-refractivity contribution is 0.324. The first-order valence-electron chi connectivity index (χ1n) is 5.90. The van der Waals surface area contributed by atoms with Gasteiger partial charge in [0.2, 0.25) is 0 Å². The minimum Gasteiger partial charge on any atom is -0.313 e. The molecule has 1 fully saturated rings. The van der Waals surface area contributed by atoms with E-state index in [9.17, 15) is 0 Å². The molecule has 0 heterocycles. The van der Waals surface area contributed by atoms with Gasteiger partial charge in [0.15, 0.2) is 0 Å². The van der Waals surface area contributed by atoms with E-state index in [-0.39, 0.29) is 0 Å². The fourth-order valence-electron chi connectivity index (χ4n) is 1.73. The smallest absolute Gasteiger partial charge is 0.0231 e. The predicted molar refractivity (Wildman–Crippen MR) is 71.5 cm³/mol. The Morgan fingerprint density at radius 1 is 1.31 bits per heavy atom. The molecule has 0 amide bonds. The molecular formula is C13H19BrN2. The first-order chi connectivity index (χ1) is 7.74. The summed E-state index contributed by atoms with van der Waals surface area (Å²) in [4.78, 5) is 2.36. The second kappa shape index (κ2) is 5.80. The summed E-state index contributed by atoms with van der Waals surface area (Å²) in [6.45, 7) is 3.25. The molecule has 0 unspecified atom stereocenters. The number of halogens is 1. The van der Waals surface area contributed by atoms with Crippen molar-refractivity contribution in [3.8, 4) is 0 Å². The summed E-state index contributed by atoms with van der Waals surface area (Å²) in [7, 11) is 2.18. The van der Waals surface area contributed by atoms with Crippen molar-refractivity contribution < 1.29 is 0 Å². The Bertz CT molecular complexity index is 319. The Morgan fingerprint density at radius 2 is 2.00 bits per heavy atom. The van der Waals surface area contributed by atoms with Gasteiger partial charge in [0, 0.05) is 30.1 Å². The third-order valence-corrected chi connectivity index (χ3v) is 3.40. The van der Waals surface area contributed by atoms with Crippen LogP contribution in [0.2, 0.25) is 0 Å². The zero-order valence-corrected chi connectivity index (χ0v) is 11.3. The van der Waals surface area contributed by atoms with E-state index in [4.69, 9.17) is 0 Å². The molecule has 0 radical (unpaired) electrons. The van der Waals surface area contributed by atoms with Gasteiger partial charge in [0.1, 0.15) is 0 Å². The Hall–Kier alpha value is -0.380. The molecule has 2 nitrogen and oxygen atoms in total. The number of nitrogens with one attached hydrogen (secondary N) is 1. The van der Waals surface area contributed by atoms with Gasteiger partial charge in [-0.3, -0.25) is 0 Å². The number of hydrogen-bond acceptors (Lipinski definition) is 2. The molecule has 1 saturated carbocycles. The van der Waals surface area contributed by atoms with Crippen LogP contribution in [0.15, 0.2) is 28.7 Å². The molecule has 88 valence electrons. The fraction of sp³-hybridized carbons (Fsp3) is 0.538. The summed E-state index contributed by atoms with van der Waals surface area (Å²) >= 11 is 3.45. The predicted octanol–water partition coefficient (Wildman–Crippen LogP) is 2.63. The van der Waals surface area contributed by atoms with Crippen molar-refractivity contribution in [2.75, 3.05) is 20.1 Å². The highest BCUT2D eigenvalue weighted by Crippen LogP contribution is 2.18. The lowest BCUT2D eigenvalue weighted by Crippen LogP contribution is -2.29. The highest BCUT2D eigenvalue weighted by molar-refractivity contribution is 9.10. The molecule has 0 aromatic heterocycles. The number of rotatable bonds is 6. The van der Waals surface area contributed by atoms with E-state index in [1.165, 1.54) is 18.4 Å². The minimum absolute atomic E-state index is 0.820. The number of benzene rings is 1. The highest BCUT2D eigenvalue weighted by Gasteiger charge is 2.19. The SMILES string of the molecule is CN(CCNC1CC1)Cc1ccc(Br)cc1. The molecule has 16 heavy (non-hydrogen) atoms. The van der Waals surface area contributed by atoms with E-state index in [2.05, 4.69) is 57.5 Å². The fourth-order valence-corrected chi connectivity index (χ4v) is 1.99. The van der Waals surface area contributed by atoms with Crippen LogP contribution in [0.1, 0.15) is 18.4 Å². The Labute approximate surface area is 106 Å². The van der Waals surface area contributed by atoms with Gasteiger partial charge in [0.05, 0.1) is 0 Å². The van der Waals surface area contributed by atoms with Crippen LogP contribution in [0.5, 0.6) is 0 Å². The molecule has 3 heteroatoms. The summed E-state index contributed by atoms with van der Waals surface area (Å²) in [5.41, 5.74) is 1.37. The van der Waals surface area contributed by atoms with Crippen LogP contribution in [0.3, 0.4) is 0 Å². The maximum Gasteiger partial charge on any atom is 0.0231 e.